The highest BCUT2D eigenvalue weighted by Crippen LogP contribution is 2.28. The van der Waals surface area contributed by atoms with Crippen LogP contribution < -0.4 is 5.32 Å². The van der Waals surface area contributed by atoms with Crippen molar-refractivity contribution in [1.82, 2.24) is 15.1 Å². The first-order chi connectivity index (χ1) is 14.1. The minimum absolute atomic E-state index is 0.722. The van der Waals surface area contributed by atoms with E-state index in [0.717, 1.165) is 81.1 Å². The van der Waals surface area contributed by atoms with Gasteiger partial charge in [-0.2, -0.15) is 0 Å². The molecule has 1 aliphatic carbocycles. The first-order valence-electron chi connectivity index (χ1n) is 10.5. The Morgan fingerprint density at radius 2 is 1.93 bits per heavy atom. The number of hydrogen-bond donors (Lipinski definition) is 1. The molecule has 1 saturated heterocycles. The van der Waals surface area contributed by atoms with E-state index in [1.54, 1.807) is 0 Å². The summed E-state index contributed by atoms with van der Waals surface area (Å²) in [5.41, 5.74) is 5.00. The summed E-state index contributed by atoms with van der Waals surface area (Å²) in [5.74, 6) is 0. The van der Waals surface area contributed by atoms with Crippen molar-refractivity contribution in [3.05, 3.63) is 71.3 Å². The van der Waals surface area contributed by atoms with Crippen molar-refractivity contribution >= 4 is 6.29 Å². The third kappa shape index (κ3) is 6.96. The molecule has 0 saturated carbocycles. The van der Waals surface area contributed by atoms with Gasteiger partial charge in [0.15, 0.2) is 0 Å². The molecule has 0 atom stereocenters. The maximum absolute atomic E-state index is 11.5. The van der Waals surface area contributed by atoms with Crippen LogP contribution in [0.5, 0.6) is 0 Å². The second-order valence-corrected chi connectivity index (χ2v) is 7.26. The molecular formula is C24H35N3O2. The van der Waals surface area contributed by atoms with Crippen LogP contribution in [-0.2, 0) is 9.53 Å². The third-order valence-corrected chi connectivity index (χ3v) is 5.11. The van der Waals surface area contributed by atoms with Crippen LogP contribution in [0.15, 0.2) is 71.3 Å². The lowest BCUT2D eigenvalue weighted by molar-refractivity contribution is -0.105. The Bertz CT molecular complexity index is 720. The predicted molar refractivity (Wildman–Crippen MR) is 120 cm³/mol. The SMILES string of the molecule is C=C1C=CC(C2=CCCC=C2)=CN1/C(CN1CCOCC1)=C(\C)C=O.CCNC. The lowest BCUT2D eigenvalue weighted by Gasteiger charge is -2.34. The molecule has 1 fully saturated rings. The second-order valence-electron chi connectivity index (χ2n) is 7.26. The largest absolute Gasteiger partial charge is 0.379 e. The average molecular weight is 398 g/mol. The number of nitrogens with zero attached hydrogens (tertiary/aromatic N) is 2. The van der Waals surface area contributed by atoms with Crippen LogP contribution >= 0.6 is 0 Å². The summed E-state index contributed by atoms with van der Waals surface area (Å²) in [5, 5.41) is 2.93. The molecular weight excluding hydrogens is 362 g/mol. The number of aldehydes is 1. The molecule has 5 heteroatoms. The Balaban J connectivity index is 0.000000687. The summed E-state index contributed by atoms with van der Waals surface area (Å²) < 4.78 is 5.43. The van der Waals surface area contributed by atoms with Crippen molar-refractivity contribution in [3.63, 3.8) is 0 Å². The Hall–Kier alpha value is -2.21. The molecule has 1 N–H and O–H groups in total. The van der Waals surface area contributed by atoms with Crippen LogP contribution in [-0.4, -0.2) is 62.5 Å². The molecule has 0 aromatic rings. The van der Waals surface area contributed by atoms with Gasteiger partial charge in [-0.05, 0) is 50.6 Å². The van der Waals surface area contributed by atoms with E-state index in [2.05, 4.69) is 59.1 Å². The van der Waals surface area contributed by atoms with Gasteiger partial charge in [-0.1, -0.05) is 37.8 Å². The van der Waals surface area contributed by atoms with Gasteiger partial charge in [0.2, 0.25) is 0 Å². The van der Waals surface area contributed by atoms with Crippen LogP contribution in [0.2, 0.25) is 0 Å². The van der Waals surface area contributed by atoms with Crippen molar-refractivity contribution in [1.29, 1.82) is 0 Å². The van der Waals surface area contributed by atoms with E-state index in [1.165, 1.54) is 5.57 Å². The van der Waals surface area contributed by atoms with Crippen LogP contribution in [0.1, 0.15) is 26.7 Å². The Morgan fingerprint density at radius 3 is 2.52 bits per heavy atom. The fourth-order valence-corrected chi connectivity index (χ4v) is 3.21. The quantitative estimate of drug-likeness (QED) is 0.548. The Morgan fingerprint density at radius 1 is 1.21 bits per heavy atom. The van der Waals surface area contributed by atoms with Gasteiger partial charge in [0.05, 0.1) is 13.2 Å². The van der Waals surface area contributed by atoms with Crippen molar-refractivity contribution < 1.29 is 9.53 Å². The lowest BCUT2D eigenvalue weighted by atomic mass is 9.97. The van der Waals surface area contributed by atoms with Gasteiger partial charge in [-0.25, -0.2) is 0 Å². The molecule has 158 valence electrons. The first-order valence-corrected chi connectivity index (χ1v) is 10.5. The second kappa shape index (κ2) is 12.4. The number of ether oxygens (including phenoxy) is 1. The maximum Gasteiger partial charge on any atom is 0.147 e. The monoisotopic (exact) mass is 397 g/mol. The third-order valence-electron chi connectivity index (χ3n) is 5.11. The van der Waals surface area contributed by atoms with Gasteiger partial charge in [0.25, 0.3) is 0 Å². The highest BCUT2D eigenvalue weighted by molar-refractivity contribution is 5.74. The van der Waals surface area contributed by atoms with Gasteiger partial charge in [-0.15, -0.1) is 0 Å². The maximum atomic E-state index is 11.5. The molecule has 0 bridgehead atoms. The summed E-state index contributed by atoms with van der Waals surface area (Å²) in [6, 6.07) is 0. The van der Waals surface area contributed by atoms with E-state index in [1.807, 2.05) is 20.0 Å². The molecule has 0 aromatic carbocycles. The molecule has 2 aliphatic heterocycles. The van der Waals surface area contributed by atoms with Gasteiger partial charge >= 0.3 is 0 Å². The number of rotatable bonds is 6. The summed E-state index contributed by atoms with van der Waals surface area (Å²) in [4.78, 5) is 15.9. The number of carbonyl (C=O) groups excluding carboxylic acids is 1. The average Bonchev–Trinajstić information content (AvgIpc) is 2.79. The minimum atomic E-state index is 0.722. The highest BCUT2D eigenvalue weighted by atomic mass is 16.5. The van der Waals surface area contributed by atoms with E-state index in [-0.39, 0.29) is 0 Å². The van der Waals surface area contributed by atoms with E-state index in [0.29, 0.717) is 0 Å². The number of carbonyl (C=O) groups is 1. The van der Waals surface area contributed by atoms with Gasteiger partial charge in [-0.3, -0.25) is 9.69 Å². The lowest BCUT2D eigenvalue weighted by Crippen LogP contribution is -2.40. The standard InChI is InChI=1S/C21H26N2O2.C3H9N/c1-17(16-24)21(15-22-10-12-25-13-11-22)23-14-20(9-8-18(23)2)19-6-4-3-5-7-19;1-3-4-2/h4,6-9,14,16H,2-3,5,10-13,15H2,1H3;4H,3H2,1-2H3/b21-17+;. The zero-order valence-corrected chi connectivity index (χ0v) is 18.1. The van der Waals surface area contributed by atoms with Crippen molar-refractivity contribution in [2.75, 3.05) is 46.4 Å². The number of hydrogen-bond acceptors (Lipinski definition) is 5. The van der Waals surface area contributed by atoms with Crippen LogP contribution in [0.25, 0.3) is 0 Å². The van der Waals surface area contributed by atoms with Crippen LogP contribution in [0, 0.1) is 0 Å². The zero-order chi connectivity index (χ0) is 21.1. The Kier molecular flexibility index (Phi) is 9.84. The molecule has 0 amide bonds. The van der Waals surface area contributed by atoms with E-state index in [9.17, 15) is 4.79 Å². The molecule has 0 spiro atoms. The fourth-order valence-electron chi connectivity index (χ4n) is 3.21. The van der Waals surface area contributed by atoms with Gasteiger partial charge in [0, 0.05) is 42.8 Å². The molecule has 5 nitrogen and oxygen atoms in total. The van der Waals surface area contributed by atoms with Crippen molar-refractivity contribution in [3.8, 4) is 0 Å². The summed E-state index contributed by atoms with van der Waals surface area (Å²) in [7, 11) is 1.93. The van der Waals surface area contributed by atoms with Crippen LogP contribution in [0.4, 0.5) is 0 Å². The molecule has 0 radical (unpaired) electrons. The van der Waals surface area contributed by atoms with Crippen LogP contribution in [0.3, 0.4) is 0 Å². The first kappa shape index (κ1) is 23.1. The van der Waals surface area contributed by atoms with E-state index < -0.39 is 0 Å². The minimum Gasteiger partial charge on any atom is -0.379 e. The fraction of sp³-hybridized carbons (Fsp3) is 0.458. The van der Waals surface area contributed by atoms with Gasteiger partial charge in [0.1, 0.15) is 6.29 Å². The number of allylic oxidation sites excluding steroid dienone is 8. The highest BCUT2D eigenvalue weighted by Gasteiger charge is 2.21. The molecule has 2 heterocycles. The molecule has 29 heavy (non-hydrogen) atoms. The Labute approximate surface area is 175 Å². The topological polar surface area (TPSA) is 44.8 Å². The summed E-state index contributed by atoms with van der Waals surface area (Å²) in [6.07, 6.45) is 16.0. The van der Waals surface area contributed by atoms with Crippen molar-refractivity contribution in [2.24, 2.45) is 0 Å². The van der Waals surface area contributed by atoms with E-state index >= 15 is 0 Å². The van der Waals surface area contributed by atoms with Crippen molar-refractivity contribution in [2.45, 2.75) is 26.7 Å². The molecule has 0 aromatic heterocycles. The number of nitrogens with one attached hydrogen (secondary N) is 1. The smallest absolute Gasteiger partial charge is 0.147 e. The molecule has 0 unspecified atom stereocenters. The molecule has 3 aliphatic rings. The normalized spacial score (nSPS) is 20.4. The summed E-state index contributed by atoms with van der Waals surface area (Å²) >= 11 is 0. The van der Waals surface area contributed by atoms with Gasteiger partial charge < -0.3 is 15.0 Å². The predicted octanol–water partition coefficient (Wildman–Crippen LogP) is 3.56. The van der Waals surface area contributed by atoms with E-state index in [4.69, 9.17) is 4.74 Å². The zero-order valence-electron chi connectivity index (χ0n) is 18.1. The number of morpholine rings is 1. The summed E-state index contributed by atoms with van der Waals surface area (Å²) in [6.45, 7) is 13.2. The molecule has 3 rings (SSSR count).